The lowest BCUT2D eigenvalue weighted by Gasteiger charge is -2.43. The van der Waals surface area contributed by atoms with Gasteiger partial charge >= 0.3 is 0 Å². The van der Waals surface area contributed by atoms with Crippen molar-refractivity contribution in [1.29, 1.82) is 5.26 Å². The van der Waals surface area contributed by atoms with Crippen molar-refractivity contribution in [2.75, 3.05) is 23.4 Å². The zero-order chi connectivity index (χ0) is 14.7. The predicted octanol–water partition coefficient (Wildman–Crippen LogP) is 4.07. The molecule has 0 aromatic heterocycles. The lowest BCUT2D eigenvalue weighted by atomic mass is 9.85. The van der Waals surface area contributed by atoms with Crippen LogP contribution < -0.4 is 5.32 Å². The highest BCUT2D eigenvalue weighted by atomic mass is 35.5. The number of rotatable bonds is 2. The molecule has 3 rings (SSSR count). The van der Waals surface area contributed by atoms with Gasteiger partial charge in [0, 0.05) is 18.3 Å². The lowest BCUT2D eigenvalue weighted by Crippen LogP contribution is -2.46. The van der Waals surface area contributed by atoms with Crippen LogP contribution in [0.15, 0.2) is 18.2 Å². The van der Waals surface area contributed by atoms with Crippen LogP contribution in [0.25, 0.3) is 0 Å². The van der Waals surface area contributed by atoms with E-state index >= 15 is 0 Å². The molecule has 1 N–H and O–H groups in total. The second-order valence-electron chi connectivity index (χ2n) is 5.78. The number of anilines is 1. The molecule has 0 amide bonds. The molecule has 1 aromatic carbocycles. The van der Waals surface area contributed by atoms with Gasteiger partial charge in [0.2, 0.25) is 0 Å². The van der Waals surface area contributed by atoms with E-state index in [0.717, 1.165) is 38.0 Å². The van der Waals surface area contributed by atoms with Crippen molar-refractivity contribution in [2.45, 2.75) is 37.3 Å². The number of benzene rings is 1. The number of thioether (sulfide) groups is 1. The highest BCUT2D eigenvalue weighted by Crippen LogP contribution is 2.38. The molecule has 2 aliphatic rings. The van der Waals surface area contributed by atoms with Gasteiger partial charge in [0.25, 0.3) is 0 Å². The molecule has 1 atom stereocenters. The Hall–Kier alpha value is -0.890. The van der Waals surface area contributed by atoms with Gasteiger partial charge in [0.05, 0.1) is 16.2 Å². The van der Waals surface area contributed by atoms with Crippen molar-refractivity contribution >= 4 is 29.1 Å². The Balaban J connectivity index is 1.67. The van der Waals surface area contributed by atoms with E-state index in [-0.39, 0.29) is 5.60 Å². The molecule has 2 heterocycles. The third-order valence-corrected chi connectivity index (χ3v) is 5.66. The Labute approximate surface area is 135 Å². The summed E-state index contributed by atoms with van der Waals surface area (Å²) in [6, 6.07) is 8.07. The van der Waals surface area contributed by atoms with Gasteiger partial charge in [0.15, 0.2) is 0 Å². The van der Waals surface area contributed by atoms with Gasteiger partial charge in [0.1, 0.15) is 6.07 Å². The van der Waals surface area contributed by atoms with Crippen LogP contribution in [-0.4, -0.2) is 29.8 Å². The third-order valence-electron chi connectivity index (χ3n) is 4.36. The Morgan fingerprint density at radius 3 is 2.90 bits per heavy atom. The fourth-order valence-electron chi connectivity index (χ4n) is 3.17. The van der Waals surface area contributed by atoms with E-state index in [1.807, 2.05) is 23.9 Å². The molecule has 3 nitrogen and oxygen atoms in total. The second-order valence-corrected chi connectivity index (χ2v) is 7.42. The molecule has 1 aromatic rings. The van der Waals surface area contributed by atoms with Crippen LogP contribution in [0.5, 0.6) is 0 Å². The van der Waals surface area contributed by atoms with E-state index in [0.29, 0.717) is 16.6 Å². The minimum absolute atomic E-state index is 0.0809. The highest BCUT2D eigenvalue weighted by molar-refractivity contribution is 7.99. The molecule has 5 heteroatoms. The summed E-state index contributed by atoms with van der Waals surface area (Å²) >= 11 is 8.12. The number of halogens is 1. The maximum Gasteiger partial charge on any atom is 0.101 e. The van der Waals surface area contributed by atoms with Gasteiger partial charge in [-0.05, 0) is 55.4 Å². The minimum atomic E-state index is 0.0809. The van der Waals surface area contributed by atoms with E-state index in [1.165, 1.54) is 11.5 Å². The zero-order valence-corrected chi connectivity index (χ0v) is 13.5. The van der Waals surface area contributed by atoms with Crippen LogP contribution in [0, 0.1) is 11.3 Å². The van der Waals surface area contributed by atoms with Gasteiger partial charge in [-0.25, -0.2) is 0 Å². The van der Waals surface area contributed by atoms with Crippen molar-refractivity contribution < 1.29 is 4.74 Å². The predicted molar refractivity (Wildman–Crippen MR) is 88.1 cm³/mol. The van der Waals surface area contributed by atoms with E-state index < -0.39 is 0 Å². The van der Waals surface area contributed by atoms with Crippen LogP contribution in [0.1, 0.15) is 31.2 Å². The molecular weight excluding hydrogens is 304 g/mol. The number of nitriles is 1. The fourth-order valence-corrected chi connectivity index (χ4v) is 4.63. The molecule has 0 bridgehead atoms. The summed E-state index contributed by atoms with van der Waals surface area (Å²) < 4.78 is 6.11. The van der Waals surface area contributed by atoms with Gasteiger partial charge in [-0.1, -0.05) is 11.6 Å². The first-order valence-electron chi connectivity index (χ1n) is 7.39. The van der Waals surface area contributed by atoms with Crippen molar-refractivity contribution in [3.8, 4) is 6.07 Å². The third kappa shape index (κ3) is 3.48. The second kappa shape index (κ2) is 6.48. The number of ether oxygens (including phenoxy) is 1. The van der Waals surface area contributed by atoms with Crippen molar-refractivity contribution in [3.05, 3.63) is 28.8 Å². The molecule has 0 saturated carbocycles. The summed E-state index contributed by atoms with van der Waals surface area (Å²) in [6.45, 7) is 0.826. The van der Waals surface area contributed by atoms with Crippen LogP contribution in [0.4, 0.5) is 5.69 Å². The lowest BCUT2D eigenvalue weighted by molar-refractivity contribution is -0.0865. The summed E-state index contributed by atoms with van der Waals surface area (Å²) in [5.74, 6) is 2.41. The van der Waals surface area contributed by atoms with E-state index in [4.69, 9.17) is 21.6 Å². The Kier molecular flexibility index (Phi) is 4.63. The molecule has 0 aliphatic carbocycles. The van der Waals surface area contributed by atoms with Gasteiger partial charge < -0.3 is 10.1 Å². The van der Waals surface area contributed by atoms with Crippen LogP contribution in [-0.2, 0) is 4.74 Å². The van der Waals surface area contributed by atoms with E-state index in [2.05, 4.69) is 11.4 Å². The first-order chi connectivity index (χ1) is 10.2. The molecule has 2 aliphatic heterocycles. The summed E-state index contributed by atoms with van der Waals surface area (Å²) in [6.07, 6.45) is 4.39. The standard InChI is InChI=1S/C16H19ClN2OS/c17-15-9-13(2-1-12(15)11-18)19-14-3-6-20-16(10-14)4-7-21-8-5-16/h1-2,9,14,19H,3-8,10H2. The minimum Gasteiger partial charge on any atom is -0.382 e. The topological polar surface area (TPSA) is 45.0 Å². The van der Waals surface area contributed by atoms with Crippen molar-refractivity contribution in [2.24, 2.45) is 0 Å². The summed E-state index contributed by atoms with van der Waals surface area (Å²) in [5.41, 5.74) is 1.60. The van der Waals surface area contributed by atoms with E-state index in [9.17, 15) is 0 Å². The average molecular weight is 323 g/mol. The fraction of sp³-hybridized carbons (Fsp3) is 0.562. The molecule has 1 spiro atoms. The monoisotopic (exact) mass is 322 g/mol. The largest absolute Gasteiger partial charge is 0.382 e. The van der Waals surface area contributed by atoms with Gasteiger partial charge in [-0.2, -0.15) is 17.0 Å². The number of hydrogen-bond donors (Lipinski definition) is 1. The van der Waals surface area contributed by atoms with Crippen LogP contribution >= 0.6 is 23.4 Å². The molecule has 2 fully saturated rings. The van der Waals surface area contributed by atoms with Crippen LogP contribution in [0.2, 0.25) is 5.02 Å². The Bertz CT molecular complexity index is 546. The Morgan fingerprint density at radius 1 is 1.38 bits per heavy atom. The molecule has 1 unspecified atom stereocenters. The highest BCUT2D eigenvalue weighted by Gasteiger charge is 2.38. The quantitative estimate of drug-likeness (QED) is 0.891. The summed E-state index contributed by atoms with van der Waals surface area (Å²) in [7, 11) is 0. The smallest absolute Gasteiger partial charge is 0.101 e. The first-order valence-corrected chi connectivity index (χ1v) is 8.92. The molecule has 21 heavy (non-hydrogen) atoms. The van der Waals surface area contributed by atoms with Gasteiger partial charge in [-0.15, -0.1) is 0 Å². The summed E-state index contributed by atoms with van der Waals surface area (Å²) in [4.78, 5) is 0. The first kappa shape index (κ1) is 15.0. The molecular formula is C16H19ClN2OS. The zero-order valence-electron chi connectivity index (χ0n) is 11.9. The number of hydrogen-bond acceptors (Lipinski definition) is 4. The van der Waals surface area contributed by atoms with Crippen LogP contribution in [0.3, 0.4) is 0 Å². The van der Waals surface area contributed by atoms with Gasteiger partial charge in [-0.3, -0.25) is 0 Å². The summed E-state index contributed by atoms with van der Waals surface area (Å²) in [5, 5.41) is 13.0. The normalized spacial score (nSPS) is 24.5. The Morgan fingerprint density at radius 2 is 2.19 bits per heavy atom. The average Bonchev–Trinajstić information content (AvgIpc) is 2.48. The van der Waals surface area contributed by atoms with Crippen molar-refractivity contribution in [1.82, 2.24) is 0 Å². The van der Waals surface area contributed by atoms with Crippen molar-refractivity contribution in [3.63, 3.8) is 0 Å². The molecule has 112 valence electrons. The maximum atomic E-state index is 8.92. The van der Waals surface area contributed by atoms with E-state index in [1.54, 1.807) is 6.07 Å². The SMILES string of the molecule is N#Cc1ccc(NC2CCOC3(CCSCC3)C2)cc1Cl. The maximum absolute atomic E-state index is 8.92. The molecule has 0 radical (unpaired) electrons. The molecule has 2 saturated heterocycles. The number of nitrogens with one attached hydrogen (secondary N) is 1. The number of nitrogens with zero attached hydrogens (tertiary/aromatic N) is 1.